The number of nitrogens with zero attached hydrogens (tertiary/aromatic N) is 1. The lowest BCUT2D eigenvalue weighted by molar-refractivity contribution is -0.144. The lowest BCUT2D eigenvalue weighted by atomic mass is 9.59. The molecule has 9 heteroatoms. The minimum absolute atomic E-state index is 0.166. The van der Waals surface area contributed by atoms with Crippen LogP contribution in [0, 0.1) is 11.8 Å². The van der Waals surface area contributed by atoms with Crippen LogP contribution in [0.5, 0.6) is 17.2 Å². The number of rotatable bonds is 10. The number of carbonyl (C=O) groups is 1. The number of hydrogen-bond donors (Lipinski definition) is 2. The van der Waals surface area contributed by atoms with Crippen LogP contribution >= 0.6 is 11.6 Å². The molecule has 1 saturated carbocycles. The summed E-state index contributed by atoms with van der Waals surface area (Å²) in [6.45, 7) is 6.10. The highest BCUT2D eigenvalue weighted by molar-refractivity contribution is 6.30. The first-order chi connectivity index (χ1) is 23.2. The van der Waals surface area contributed by atoms with Crippen LogP contribution in [-0.4, -0.2) is 54.6 Å². The largest absolute Gasteiger partial charge is 0.493 e. The number of methoxy groups -OCH3 is 1. The van der Waals surface area contributed by atoms with Crippen molar-refractivity contribution in [3.63, 3.8) is 0 Å². The molecule has 0 unspecified atom stereocenters. The number of aromatic nitrogens is 1. The summed E-state index contributed by atoms with van der Waals surface area (Å²) in [5.41, 5.74) is 4.49. The molecule has 4 atom stereocenters. The number of ether oxygens (including phenoxy) is 4. The number of fused-ring (bicyclic) bond motifs is 4. The Hall–Kier alpha value is -3.49. The van der Waals surface area contributed by atoms with Crippen LogP contribution in [0.25, 0.3) is 0 Å². The van der Waals surface area contributed by atoms with Crippen LogP contribution < -0.4 is 19.5 Å². The van der Waals surface area contributed by atoms with Crippen LogP contribution in [0.3, 0.4) is 0 Å². The normalized spacial score (nSPS) is 28.0. The molecular formula is C39H47ClN2O6. The van der Waals surface area contributed by atoms with Crippen LogP contribution in [0.15, 0.2) is 48.7 Å². The van der Waals surface area contributed by atoms with Crippen LogP contribution in [0.1, 0.15) is 87.1 Å². The van der Waals surface area contributed by atoms with E-state index < -0.39 is 11.5 Å². The third-order valence-corrected chi connectivity index (χ3v) is 11.7. The average molecular weight is 675 g/mol. The predicted octanol–water partition coefficient (Wildman–Crippen LogP) is 7.99. The van der Waals surface area contributed by atoms with E-state index in [0.29, 0.717) is 55.4 Å². The Bertz CT molecular complexity index is 1650. The van der Waals surface area contributed by atoms with Gasteiger partial charge in [0.15, 0.2) is 17.6 Å². The number of benzene rings is 2. The third-order valence-electron chi connectivity index (χ3n) is 11.4. The number of carboxylic acid groups (broad SMARTS) is 1. The first kappa shape index (κ1) is 33.0. The monoisotopic (exact) mass is 674 g/mol. The lowest BCUT2D eigenvalue weighted by Crippen LogP contribution is -2.53. The van der Waals surface area contributed by atoms with Crippen LogP contribution in [0.4, 0.5) is 5.69 Å². The van der Waals surface area contributed by atoms with Crippen LogP contribution in [0.2, 0.25) is 5.02 Å². The molecule has 1 aliphatic heterocycles. The number of nitrogens with one attached hydrogen (secondary N) is 1. The third kappa shape index (κ3) is 6.22. The van der Waals surface area contributed by atoms with Crippen molar-refractivity contribution in [1.29, 1.82) is 0 Å². The van der Waals surface area contributed by atoms with E-state index in [1.165, 1.54) is 35.2 Å². The zero-order valence-corrected chi connectivity index (χ0v) is 29.0. The molecule has 3 aliphatic carbocycles. The fourth-order valence-electron chi connectivity index (χ4n) is 8.98. The number of halogens is 1. The molecule has 3 aromatic rings. The van der Waals surface area contributed by atoms with Gasteiger partial charge in [0.05, 0.1) is 13.2 Å². The van der Waals surface area contributed by atoms with Crippen molar-refractivity contribution in [2.24, 2.45) is 11.8 Å². The van der Waals surface area contributed by atoms with E-state index in [4.69, 9.17) is 30.5 Å². The second-order valence-electron chi connectivity index (χ2n) is 14.7. The fraction of sp³-hybridized carbons (Fsp3) is 0.538. The molecule has 256 valence electrons. The Balaban J connectivity index is 1.15. The maximum atomic E-state index is 12.9. The van der Waals surface area contributed by atoms with E-state index >= 15 is 0 Å². The molecule has 1 spiro atoms. The molecule has 2 aromatic carbocycles. The van der Waals surface area contributed by atoms with Gasteiger partial charge in [0.2, 0.25) is 0 Å². The zero-order valence-electron chi connectivity index (χ0n) is 28.2. The molecule has 2 N–H and O–H groups in total. The van der Waals surface area contributed by atoms with E-state index in [1.807, 2.05) is 24.4 Å². The van der Waals surface area contributed by atoms with Gasteiger partial charge in [-0.25, -0.2) is 4.79 Å². The highest BCUT2D eigenvalue weighted by Gasteiger charge is 2.54. The summed E-state index contributed by atoms with van der Waals surface area (Å²) < 4.78 is 24.5. The van der Waals surface area contributed by atoms with Gasteiger partial charge >= 0.3 is 5.97 Å². The molecule has 0 bridgehead atoms. The molecule has 1 fully saturated rings. The van der Waals surface area contributed by atoms with Crippen molar-refractivity contribution < 1.29 is 28.8 Å². The molecule has 0 amide bonds. The quantitative estimate of drug-likeness (QED) is 0.223. The van der Waals surface area contributed by atoms with E-state index in [0.717, 1.165) is 55.0 Å². The number of aryl methyl sites for hydroxylation is 1. The van der Waals surface area contributed by atoms with Gasteiger partial charge in [0.1, 0.15) is 17.9 Å². The van der Waals surface area contributed by atoms with Crippen molar-refractivity contribution in [1.82, 2.24) is 4.98 Å². The number of anilines is 1. The van der Waals surface area contributed by atoms with Gasteiger partial charge < -0.3 is 29.4 Å². The molecule has 0 radical (unpaired) electrons. The molecule has 2 heterocycles. The van der Waals surface area contributed by atoms with Crippen molar-refractivity contribution in [3.05, 3.63) is 76.1 Å². The minimum Gasteiger partial charge on any atom is -0.493 e. The van der Waals surface area contributed by atoms with Gasteiger partial charge in [-0.2, -0.15) is 0 Å². The lowest BCUT2D eigenvalue weighted by Gasteiger charge is -2.47. The molecule has 48 heavy (non-hydrogen) atoms. The first-order valence-corrected chi connectivity index (χ1v) is 17.9. The minimum atomic E-state index is -1.08. The second-order valence-corrected chi connectivity index (χ2v) is 15.1. The zero-order chi connectivity index (χ0) is 33.5. The smallest absolute Gasteiger partial charge is 0.329 e. The summed E-state index contributed by atoms with van der Waals surface area (Å²) in [4.78, 5) is 17.6. The summed E-state index contributed by atoms with van der Waals surface area (Å²) in [5, 5.41) is 14.6. The Morgan fingerprint density at radius 2 is 2.00 bits per heavy atom. The summed E-state index contributed by atoms with van der Waals surface area (Å²) in [6, 6.07) is 13.7. The molecule has 7 rings (SSSR count). The van der Waals surface area contributed by atoms with Gasteiger partial charge in [-0.3, -0.25) is 4.98 Å². The SMILES string of the molecule is COC[C@H]1COc2cc3c(cc2O1)C1(CCC(Nc2cccc(Cl)c2)(C(=O)O)CC1)[C@@H](C[C@@H](C)COc1ccnc2c1[C@H](C)CCC2)C3. The van der Waals surface area contributed by atoms with Gasteiger partial charge in [-0.1, -0.05) is 31.5 Å². The Morgan fingerprint density at radius 1 is 1.17 bits per heavy atom. The van der Waals surface area contributed by atoms with Crippen molar-refractivity contribution in [2.75, 3.05) is 32.2 Å². The highest BCUT2D eigenvalue weighted by Crippen LogP contribution is 2.58. The van der Waals surface area contributed by atoms with E-state index in [1.54, 1.807) is 19.2 Å². The van der Waals surface area contributed by atoms with Gasteiger partial charge in [0, 0.05) is 35.3 Å². The van der Waals surface area contributed by atoms with Gasteiger partial charge in [-0.15, -0.1) is 0 Å². The number of hydrogen-bond acceptors (Lipinski definition) is 7. The summed E-state index contributed by atoms with van der Waals surface area (Å²) in [6.07, 6.45) is 9.45. The maximum Gasteiger partial charge on any atom is 0.329 e. The summed E-state index contributed by atoms with van der Waals surface area (Å²) in [5.74, 6) is 2.77. The molecule has 4 aliphatic rings. The Labute approximate surface area is 288 Å². The number of carboxylic acids is 1. The first-order valence-electron chi connectivity index (χ1n) is 17.5. The predicted molar refractivity (Wildman–Crippen MR) is 186 cm³/mol. The summed E-state index contributed by atoms with van der Waals surface area (Å²) in [7, 11) is 1.67. The standard InChI is InChI=1S/C39H47ClN2O6/c1-24(21-46-33-10-15-41-32-9-4-6-25(2)36(32)33)16-27-17-26-18-34-35(48-30(22-45-3)23-47-34)20-31(26)38(27)11-13-39(14-12-38,37(43)44)42-29-8-5-7-28(40)19-29/h5,7-8,10,15,18-20,24-25,27,30,42H,4,6,9,11-14,16-17,21-23H2,1-3H3,(H,43,44)/t24-,25-,27+,30+,38?,39?/m1/s1. The highest BCUT2D eigenvalue weighted by atomic mass is 35.5. The molecular weight excluding hydrogens is 628 g/mol. The molecule has 1 aromatic heterocycles. The van der Waals surface area contributed by atoms with E-state index in [9.17, 15) is 9.90 Å². The topological polar surface area (TPSA) is 99.1 Å². The number of aliphatic carboxylic acids is 1. The maximum absolute atomic E-state index is 12.9. The Kier molecular flexibility index (Phi) is 9.24. The summed E-state index contributed by atoms with van der Waals surface area (Å²) >= 11 is 6.27. The fourth-order valence-corrected chi connectivity index (χ4v) is 9.17. The van der Waals surface area contributed by atoms with E-state index in [2.05, 4.69) is 36.3 Å². The average Bonchev–Trinajstić information content (AvgIpc) is 3.34. The van der Waals surface area contributed by atoms with Crippen LogP contribution in [-0.2, 0) is 27.8 Å². The molecule has 0 saturated heterocycles. The second kappa shape index (κ2) is 13.4. The molecule has 8 nitrogen and oxygen atoms in total. The van der Waals surface area contributed by atoms with Gasteiger partial charge in [-0.05, 0) is 128 Å². The van der Waals surface area contributed by atoms with Crippen molar-refractivity contribution >= 4 is 23.3 Å². The Morgan fingerprint density at radius 3 is 2.77 bits per heavy atom. The number of pyridine rings is 1. The van der Waals surface area contributed by atoms with Gasteiger partial charge in [0.25, 0.3) is 0 Å². The van der Waals surface area contributed by atoms with Crippen molar-refractivity contribution in [3.8, 4) is 17.2 Å². The van der Waals surface area contributed by atoms with Crippen molar-refractivity contribution in [2.45, 2.75) is 94.6 Å². The van der Waals surface area contributed by atoms with E-state index in [-0.39, 0.29) is 11.5 Å².